The second kappa shape index (κ2) is 8.18. The van der Waals surface area contributed by atoms with Crippen LogP contribution in [-0.2, 0) is 16.1 Å². The topological polar surface area (TPSA) is 79.4 Å². The standard InChI is InChI=1S/C22H21N3O4/c1-15(21-23-24-22(29-21)17-7-9-18(27-2)10-8-17)28-20(26)12-14-25-13-11-16-5-3-4-6-19(16)25/h3-11,13,15H,12,14H2,1-2H3/t15-/m1/s1. The minimum absolute atomic E-state index is 0.252. The maximum atomic E-state index is 12.3. The van der Waals surface area contributed by atoms with Gasteiger partial charge < -0.3 is 18.5 Å². The summed E-state index contributed by atoms with van der Waals surface area (Å²) >= 11 is 0. The second-order valence-electron chi connectivity index (χ2n) is 6.62. The molecular weight excluding hydrogens is 370 g/mol. The van der Waals surface area contributed by atoms with Crippen LogP contribution < -0.4 is 4.74 Å². The van der Waals surface area contributed by atoms with Gasteiger partial charge in [0, 0.05) is 23.8 Å². The second-order valence-corrected chi connectivity index (χ2v) is 6.62. The Morgan fingerprint density at radius 1 is 1.10 bits per heavy atom. The van der Waals surface area contributed by atoms with Crippen molar-refractivity contribution in [1.29, 1.82) is 0 Å². The fraction of sp³-hybridized carbons (Fsp3) is 0.227. The minimum atomic E-state index is -0.622. The molecule has 2 aromatic carbocycles. The number of methoxy groups -OCH3 is 1. The molecule has 4 rings (SSSR count). The summed E-state index contributed by atoms with van der Waals surface area (Å²) in [5, 5.41) is 9.19. The van der Waals surface area contributed by atoms with Crippen LogP contribution in [0.5, 0.6) is 5.75 Å². The molecule has 0 aliphatic rings. The molecule has 2 aromatic heterocycles. The molecule has 1 atom stereocenters. The van der Waals surface area contributed by atoms with Crippen molar-refractivity contribution in [2.75, 3.05) is 7.11 Å². The SMILES string of the molecule is COc1ccc(-c2nnc([C@@H](C)OC(=O)CCn3ccc4ccccc43)o2)cc1. The lowest BCUT2D eigenvalue weighted by Gasteiger charge is -2.10. The number of hydrogen-bond donors (Lipinski definition) is 0. The zero-order valence-corrected chi connectivity index (χ0v) is 16.2. The number of esters is 1. The molecule has 0 aliphatic carbocycles. The van der Waals surface area contributed by atoms with Crippen molar-refractivity contribution < 1.29 is 18.7 Å². The van der Waals surface area contributed by atoms with Crippen LogP contribution in [0, 0.1) is 0 Å². The van der Waals surface area contributed by atoms with E-state index in [4.69, 9.17) is 13.9 Å². The lowest BCUT2D eigenvalue weighted by atomic mass is 10.2. The summed E-state index contributed by atoms with van der Waals surface area (Å²) in [7, 11) is 1.61. The maximum absolute atomic E-state index is 12.3. The summed E-state index contributed by atoms with van der Waals surface area (Å²) in [6, 6.07) is 17.4. The molecule has 0 fully saturated rings. The Morgan fingerprint density at radius 2 is 1.90 bits per heavy atom. The Morgan fingerprint density at radius 3 is 2.69 bits per heavy atom. The normalized spacial score (nSPS) is 12.1. The average Bonchev–Trinajstić information content (AvgIpc) is 3.40. The molecule has 0 bridgehead atoms. The molecule has 0 radical (unpaired) electrons. The maximum Gasteiger partial charge on any atom is 0.308 e. The van der Waals surface area contributed by atoms with Gasteiger partial charge in [-0.1, -0.05) is 18.2 Å². The predicted molar refractivity (Wildman–Crippen MR) is 107 cm³/mol. The molecule has 0 amide bonds. The predicted octanol–water partition coefficient (Wildman–Crippen LogP) is 4.39. The van der Waals surface area contributed by atoms with Crippen LogP contribution in [0.1, 0.15) is 25.3 Å². The smallest absolute Gasteiger partial charge is 0.308 e. The first-order valence-electron chi connectivity index (χ1n) is 9.35. The molecule has 0 spiro atoms. The fourth-order valence-corrected chi connectivity index (χ4v) is 3.10. The van der Waals surface area contributed by atoms with Gasteiger partial charge in [0.1, 0.15) is 5.75 Å². The lowest BCUT2D eigenvalue weighted by molar-refractivity contribution is -0.149. The van der Waals surface area contributed by atoms with E-state index in [0.29, 0.717) is 12.4 Å². The van der Waals surface area contributed by atoms with Crippen LogP contribution in [0.3, 0.4) is 0 Å². The number of hydrogen-bond acceptors (Lipinski definition) is 6. The average molecular weight is 391 g/mol. The lowest BCUT2D eigenvalue weighted by Crippen LogP contribution is -2.11. The third-order valence-corrected chi connectivity index (χ3v) is 4.67. The quantitative estimate of drug-likeness (QED) is 0.435. The van der Waals surface area contributed by atoms with Gasteiger partial charge in [-0.25, -0.2) is 0 Å². The van der Waals surface area contributed by atoms with E-state index in [-0.39, 0.29) is 18.3 Å². The van der Waals surface area contributed by atoms with Gasteiger partial charge in [0.2, 0.25) is 5.89 Å². The summed E-state index contributed by atoms with van der Waals surface area (Å²) < 4.78 is 18.3. The molecule has 29 heavy (non-hydrogen) atoms. The van der Waals surface area contributed by atoms with Gasteiger partial charge in [0.05, 0.1) is 13.5 Å². The number of benzene rings is 2. The molecule has 0 aliphatic heterocycles. The molecule has 0 saturated heterocycles. The van der Waals surface area contributed by atoms with Crippen molar-refractivity contribution in [2.45, 2.75) is 26.0 Å². The summed E-state index contributed by atoms with van der Waals surface area (Å²) in [6.07, 6.45) is 1.60. The summed E-state index contributed by atoms with van der Waals surface area (Å²) in [6.45, 7) is 2.26. The van der Waals surface area contributed by atoms with Crippen molar-refractivity contribution in [1.82, 2.24) is 14.8 Å². The first kappa shape index (κ1) is 18.7. The van der Waals surface area contributed by atoms with Crippen LogP contribution >= 0.6 is 0 Å². The van der Waals surface area contributed by atoms with Crippen LogP contribution in [0.4, 0.5) is 0 Å². The monoisotopic (exact) mass is 391 g/mol. The Labute approximate surface area is 167 Å². The van der Waals surface area contributed by atoms with Crippen molar-refractivity contribution in [2.24, 2.45) is 0 Å². The highest BCUT2D eigenvalue weighted by Crippen LogP contribution is 2.24. The van der Waals surface area contributed by atoms with Crippen LogP contribution in [0.15, 0.2) is 65.2 Å². The Balaban J connectivity index is 1.35. The van der Waals surface area contributed by atoms with Gasteiger partial charge in [-0.05, 0) is 48.7 Å². The highest BCUT2D eigenvalue weighted by Gasteiger charge is 2.19. The van der Waals surface area contributed by atoms with Gasteiger partial charge in [-0.3, -0.25) is 4.79 Å². The number of rotatable bonds is 7. The molecule has 4 aromatic rings. The number of para-hydroxylation sites is 1. The number of carbonyl (C=O) groups excluding carboxylic acids is 1. The van der Waals surface area contributed by atoms with E-state index in [2.05, 4.69) is 10.2 Å². The van der Waals surface area contributed by atoms with Crippen LogP contribution in [0.2, 0.25) is 0 Å². The Kier molecular flexibility index (Phi) is 5.29. The zero-order chi connectivity index (χ0) is 20.2. The van der Waals surface area contributed by atoms with E-state index in [9.17, 15) is 4.79 Å². The molecule has 7 heteroatoms. The zero-order valence-electron chi connectivity index (χ0n) is 16.2. The number of aromatic nitrogens is 3. The summed E-state index contributed by atoms with van der Waals surface area (Å²) in [4.78, 5) is 12.3. The summed E-state index contributed by atoms with van der Waals surface area (Å²) in [5.41, 5.74) is 1.86. The van der Waals surface area contributed by atoms with Gasteiger partial charge >= 0.3 is 5.97 Å². The van der Waals surface area contributed by atoms with E-state index in [0.717, 1.165) is 22.2 Å². The van der Waals surface area contributed by atoms with E-state index in [1.54, 1.807) is 14.0 Å². The molecular formula is C22H21N3O4. The molecule has 148 valence electrons. The van der Waals surface area contributed by atoms with Gasteiger partial charge in [0.15, 0.2) is 6.10 Å². The number of ether oxygens (including phenoxy) is 2. The first-order valence-corrected chi connectivity index (χ1v) is 9.35. The molecule has 7 nitrogen and oxygen atoms in total. The number of carbonyl (C=O) groups is 1. The molecule has 0 N–H and O–H groups in total. The van der Waals surface area contributed by atoms with Crippen molar-refractivity contribution in [3.05, 3.63) is 66.7 Å². The highest BCUT2D eigenvalue weighted by atomic mass is 16.6. The Hall–Kier alpha value is -3.61. The number of aryl methyl sites for hydroxylation is 1. The van der Waals surface area contributed by atoms with E-state index in [1.165, 1.54) is 0 Å². The van der Waals surface area contributed by atoms with Gasteiger partial charge in [-0.2, -0.15) is 0 Å². The van der Waals surface area contributed by atoms with E-state index < -0.39 is 6.10 Å². The minimum Gasteiger partial charge on any atom is -0.497 e. The van der Waals surface area contributed by atoms with Gasteiger partial charge in [-0.15, -0.1) is 10.2 Å². The fourth-order valence-electron chi connectivity index (χ4n) is 3.10. The van der Waals surface area contributed by atoms with Crippen molar-refractivity contribution >= 4 is 16.9 Å². The van der Waals surface area contributed by atoms with Crippen LogP contribution in [-0.4, -0.2) is 27.8 Å². The first-order chi connectivity index (χ1) is 14.1. The molecule has 0 unspecified atom stereocenters. The summed E-state index contributed by atoms with van der Waals surface area (Å²) in [5.74, 6) is 1.05. The largest absolute Gasteiger partial charge is 0.497 e. The molecule has 0 saturated carbocycles. The number of fused-ring (bicyclic) bond motifs is 1. The van der Waals surface area contributed by atoms with Crippen molar-refractivity contribution in [3.63, 3.8) is 0 Å². The van der Waals surface area contributed by atoms with Crippen LogP contribution in [0.25, 0.3) is 22.4 Å². The van der Waals surface area contributed by atoms with E-state index >= 15 is 0 Å². The molecule has 2 heterocycles. The highest BCUT2D eigenvalue weighted by molar-refractivity contribution is 5.80. The van der Waals surface area contributed by atoms with Crippen molar-refractivity contribution in [3.8, 4) is 17.2 Å². The van der Waals surface area contributed by atoms with E-state index in [1.807, 2.05) is 65.4 Å². The third-order valence-electron chi connectivity index (χ3n) is 4.67. The number of nitrogens with zero attached hydrogens (tertiary/aromatic N) is 3. The third kappa shape index (κ3) is 4.13. The Bertz CT molecular complexity index is 1110. The van der Waals surface area contributed by atoms with Gasteiger partial charge in [0.25, 0.3) is 5.89 Å².